The molecule has 32 heavy (non-hydrogen) atoms. The van der Waals surface area contributed by atoms with Crippen LogP contribution in [0.5, 0.6) is 0 Å². The standard InChI is InChI=1S/C24H13N7S/c1-2-5-17-15(4-1)28-24-31(17)20-10-8-14(26-22(20)32-24)13-7-9-18-16(12-13)27-23-29-21-19(30(18)23)6-3-11-25-21/h1-12H,(H,25,27,29). The molecule has 7 nitrogen and oxygen atoms in total. The lowest BCUT2D eigenvalue weighted by Crippen LogP contribution is -1.87. The van der Waals surface area contributed by atoms with Crippen LogP contribution in [0.2, 0.25) is 0 Å². The molecule has 0 fully saturated rings. The normalized spacial score (nSPS) is 12.4. The molecule has 6 aromatic heterocycles. The predicted octanol–water partition coefficient (Wildman–Crippen LogP) is 5.44. The number of aromatic amines is 1. The van der Waals surface area contributed by atoms with E-state index in [1.807, 2.05) is 30.3 Å². The molecule has 0 bridgehead atoms. The molecule has 150 valence electrons. The molecule has 1 N–H and O–H groups in total. The van der Waals surface area contributed by atoms with E-state index in [9.17, 15) is 0 Å². The van der Waals surface area contributed by atoms with Gasteiger partial charge >= 0.3 is 0 Å². The third-order valence-electron chi connectivity index (χ3n) is 6.01. The number of benzene rings is 2. The second-order valence-corrected chi connectivity index (χ2v) is 8.77. The molecule has 0 spiro atoms. The first-order valence-electron chi connectivity index (χ1n) is 10.3. The zero-order valence-electron chi connectivity index (χ0n) is 16.5. The average molecular weight is 431 g/mol. The van der Waals surface area contributed by atoms with Crippen LogP contribution in [0.15, 0.2) is 72.9 Å². The zero-order valence-corrected chi connectivity index (χ0v) is 17.3. The highest BCUT2D eigenvalue weighted by Crippen LogP contribution is 2.32. The van der Waals surface area contributed by atoms with Crippen molar-refractivity contribution in [1.82, 2.24) is 33.7 Å². The van der Waals surface area contributed by atoms with Crippen LogP contribution in [0.4, 0.5) is 0 Å². The van der Waals surface area contributed by atoms with Gasteiger partial charge in [-0.1, -0.05) is 29.5 Å². The molecule has 0 saturated heterocycles. The predicted molar refractivity (Wildman–Crippen MR) is 127 cm³/mol. The largest absolute Gasteiger partial charge is 0.308 e. The number of pyridine rings is 2. The molecule has 8 aromatic rings. The Hall–Kier alpha value is -4.30. The number of fused-ring (bicyclic) bond motifs is 10. The number of nitrogens with one attached hydrogen (secondary N) is 1. The van der Waals surface area contributed by atoms with Gasteiger partial charge in [0.15, 0.2) is 10.6 Å². The molecule has 0 amide bonds. The second-order valence-electron chi connectivity index (χ2n) is 7.81. The van der Waals surface area contributed by atoms with Crippen LogP contribution in [-0.2, 0) is 0 Å². The summed E-state index contributed by atoms with van der Waals surface area (Å²) >= 11 is 1.62. The van der Waals surface area contributed by atoms with Crippen LogP contribution >= 0.6 is 11.3 Å². The summed E-state index contributed by atoms with van der Waals surface area (Å²) in [5.74, 6) is 0.792. The van der Waals surface area contributed by atoms with E-state index < -0.39 is 0 Å². The first-order valence-corrected chi connectivity index (χ1v) is 11.1. The van der Waals surface area contributed by atoms with E-state index in [0.717, 1.165) is 65.6 Å². The Kier molecular flexibility index (Phi) is 2.91. The van der Waals surface area contributed by atoms with E-state index in [0.29, 0.717) is 0 Å². The van der Waals surface area contributed by atoms with Gasteiger partial charge in [0.25, 0.3) is 0 Å². The Balaban J connectivity index is 1.32. The highest BCUT2D eigenvalue weighted by molar-refractivity contribution is 7.23. The van der Waals surface area contributed by atoms with E-state index in [2.05, 4.69) is 55.2 Å². The summed E-state index contributed by atoms with van der Waals surface area (Å²) < 4.78 is 4.30. The van der Waals surface area contributed by atoms with Crippen LogP contribution in [-0.4, -0.2) is 33.7 Å². The van der Waals surface area contributed by atoms with Crippen LogP contribution in [0.3, 0.4) is 0 Å². The number of hydrogen-bond donors (Lipinski definition) is 1. The van der Waals surface area contributed by atoms with Gasteiger partial charge in [0, 0.05) is 11.8 Å². The molecular formula is C24H13N7S. The summed E-state index contributed by atoms with van der Waals surface area (Å²) in [6, 6.07) is 22.7. The molecular weight excluding hydrogens is 418 g/mol. The fraction of sp³-hybridized carbons (Fsp3) is 0. The molecule has 0 aliphatic carbocycles. The molecule has 0 unspecified atom stereocenters. The minimum absolute atomic E-state index is 0.792. The van der Waals surface area contributed by atoms with E-state index in [1.165, 1.54) is 0 Å². The SMILES string of the molecule is c1ccc2c(c1)nc1sc3nc(-c4ccc5c(c4)nc4[nH]c6ncccc6n45)ccc3n12. The molecule has 6 heterocycles. The lowest BCUT2D eigenvalue weighted by molar-refractivity contribution is 1.27. The van der Waals surface area contributed by atoms with Gasteiger partial charge in [-0.05, 0) is 48.5 Å². The van der Waals surface area contributed by atoms with Gasteiger partial charge in [-0.15, -0.1) is 0 Å². The highest BCUT2D eigenvalue weighted by atomic mass is 32.1. The Morgan fingerprint density at radius 2 is 1.59 bits per heavy atom. The van der Waals surface area contributed by atoms with Gasteiger partial charge < -0.3 is 4.98 Å². The summed E-state index contributed by atoms with van der Waals surface area (Å²) in [6.07, 6.45) is 1.78. The lowest BCUT2D eigenvalue weighted by atomic mass is 10.1. The minimum Gasteiger partial charge on any atom is -0.308 e. The van der Waals surface area contributed by atoms with Gasteiger partial charge in [-0.2, -0.15) is 0 Å². The highest BCUT2D eigenvalue weighted by Gasteiger charge is 2.15. The van der Waals surface area contributed by atoms with Crippen molar-refractivity contribution < 1.29 is 0 Å². The summed E-state index contributed by atoms with van der Waals surface area (Å²) in [5.41, 5.74) is 8.99. The van der Waals surface area contributed by atoms with Crippen molar-refractivity contribution in [2.75, 3.05) is 0 Å². The number of H-pyrrole nitrogens is 1. The Bertz CT molecular complexity index is 1860. The lowest BCUT2D eigenvalue weighted by Gasteiger charge is -2.02. The fourth-order valence-electron chi connectivity index (χ4n) is 4.58. The molecule has 0 atom stereocenters. The van der Waals surface area contributed by atoms with Crippen LogP contribution in [0, 0.1) is 0 Å². The fourth-order valence-corrected chi connectivity index (χ4v) is 5.59. The Labute approximate surface area is 183 Å². The van der Waals surface area contributed by atoms with Crippen molar-refractivity contribution >= 4 is 65.7 Å². The summed E-state index contributed by atoms with van der Waals surface area (Å²) in [4.78, 5) is 24.1. The number of nitrogens with zero attached hydrogens (tertiary/aromatic N) is 6. The molecule has 0 saturated carbocycles. The third-order valence-corrected chi connectivity index (χ3v) is 6.96. The number of aromatic nitrogens is 7. The van der Waals surface area contributed by atoms with Crippen molar-refractivity contribution in [3.05, 3.63) is 72.9 Å². The van der Waals surface area contributed by atoms with Gasteiger partial charge in [-0.25, -0.2) is 19.9 Å². The summed E-state index contributed by atoms with van der Waals surface area (Å²) in [5, 5.41) is 0. The van der Waals surface area contributed by atoms with E-state index in [1.54, 1.807) is 17.5 Å². The van der Waals surface area contributed by atoms with E-state index in [4.69, 9.17) is 15.0 Å². The number of imidazole rings is 3. The number of hydrogen-bond acceptors (Lipinski definition) is 5. The molecule has 8 heteroatoms. The quantitative estimate of drug-likeness (QED) is 0.375. The first kappa shape index (κ1) is 16.4. The maximum absolute atomic E-state index is 4.97. The molecule has 2 aromatic carbocycles. The van der Waals surface area contributed by atoms with Gasteiger partial charge in [-0.3, -0.25) is 8.80 Å². The monoisotopic (exact) mass is 431 g/mol. The molecule has 0 aliphatic heterocycles. The van der Waals surface area contributed by atoms with Crippen molar-refractivity contribution in [3.63, 3.8) is 0 Å². The zero-order chi connectivity index (χ0) is 20.8. The molecule has 0 radical (unpaired) electrons. The molecule has 8 rings (SSSR count). The van der Waals surface area contributed by atoms with Crippen molar-refractivity contribution in [2.45, 2.75) is 0 Å². The van der Waals surface area contributed by atoms with Gasteiger partial charge in [0.05, 0.1) is 38.8 Å². The van der Waals surface area contributed by atoms with Crippen LogP contribution in [0.1, 0.15) is 0 Å². The smallest absolute Gasteiger partial charge is 0.214 e. The topological polar surface area (TPSA) is 76.2 Å². The van der Waals surface area contributed by atoms with Crippen LogP contribution in [0.25, 0.3) is 65.6 Å². The Morgan fingerprint density at radius 3 is 2.59 bits per heavy atom. The number of thiazole rings is 1. The van der Waals surface area contributed by atoms with Crippen LogP contribution < -0.4 is 0 Å². The molecule has 0 aliphatic rings. The van der Waals surface area contributed by atoms with Crippen molar-refractivity contribution in [2.24, 2.45) is 0 Å². The van der Waals surface area contributed by atoms with Crippen molar-refractivity contribution in [1.29, 1.82) is 0 Å². The van der Waals surface area contributed by atoms with Gasteiger partial charge in [0.2, 0.25) is 5.78 Å². The second kappa shape index (κ2) is 5.68. The third kappa shape index (κ3) is 2.04. The number of para-hydroxylation sites is 2. The summed E-state index contributed by atoms with van der Waals surface area (Å²) in [7, 11) is 0. The first-order chi connectivity index (χ1) is 15.8. The minimum atomic E-state index is 0.792. The van der Waals surface area contributed by atoms with Gasteiger partial charge in [0.1, 0.15) is 4.83 Å². The summed E-state index contributed by atoms with van der Waals surface area (Å²) in [6.45, 7) is 0. The maximum Gasteiger partial charge on any atom is 0.214 e. The maximum atomic E-state index is 4.97. The Morgan fingerprint density at radius 1 is 0.719 bits per heavy atom. The van der Waals surface area contributed by atoms with E-state index >= 15 is 0 Å². The average Bonchev–Trinajstić information content (AvgIpc) is 3.54. The van der Waals surface area contributed by atoms with E-state index in [-0.39, 0.29) is 0 Å². The van der Waals surface area contributed by atoms with Crippen molar-refractivity contribution in [3.8, 4) is 11.3 Å². The number of rotatable bonds is 1.